The molecule has 1 aliphatic heterocycles. The van der Waals surface area contributed by atoms with Gasteiger partial charge in [-0.05, 0) is 37.2 Å². The molecule has 1 aromatic heterocycles. The molecule has 18 heavy (non-hydrogen) atoms. The molecule has 2 aromatic rings. The van der Waals surface area contributed by atoms with Crippen LogP contribution in [0.2, 0.25) is 0 Å². The number of H-pyrrole nitrogens is 1. The number of hydrogen-bond acceptors (Lipinski definition) is 3. The van der Waals surface area contributed by atoms with Crippen molar-refractivity contribution in [3.63, 3.8) is 0 Å². The second kappa shape index (κ2) is 4.66. The lowest BCUT2D eigenvalue weighted by Crippen LogP contribution is -2.27. The summed E-state index contributed by atoms with van der Waals surface area (Å²) in [7, 11) is 0. The summed E-state index contributed by atoms with van der Waals surface area (Å²) >= 11 is 5.25. The number of benzene rings is 1. The maximum absolute atomic E-state index is 12.4. The highest BCUT2D eigenvalue weighted by atomic mass is 32.1. The van der Waals surface area contributed by atoms with E-state index in [2.05, 4.69) is 4.98 Å². The zero-order valence-corrected chi connectivity index (χ0v) is 10.7. The van der Waals surface area contributed by atoms with Gasteiger partial charge < -0.3 is 9.72 Å². The molecule has 0 radical (unpaired) electrons. The quantitative estimate of drug-likeness (QED) is 0.844. The molecule has 94 valence electrons. The number of aromatic amines is 1. The minimum absolute atomic E-state index is 0.0372. The first-order valence-corrected chi connectivity index (χ1v) is 6.50. The predicted molar refractivity (Wildman–Crippen MR) is 72.4 cm³/mol. The van der Waals surface area contributed by atoms with Crippen LogP contribution in [-0.2, 0) is 11.3 Å². The molecule has 0 bridgehead atoms. The van der Waals surface area contributed by atoms with E-state index in [1.807, 2.05) is 24.3 Å². The highest BCUT2D eigenvalue weighted by Crippen LogP contribution is 2.14. The topological polar surface area (TPSA) is 47.0 Å². The maximum Gasteiger partial charge on any atom is 0.262 e. The van der Waals surface area contributed by atoms with Crippen LogP contribution in [-0.4, -0.2) is 22.3 Å². The summed E-state index contributed by atoms with van der Waals surface area (Å²) in [4.78, 5) is 15.5. The van der Waals surface area contributed by atoms with Crippen LogP contribution in [0.4, 0.5) is 0 Å². The minimum Gasteiger partial charge on any atom is -0.376 e. The first kappa shape index (κ1) is 11.6. The van der Waals surface area contributed by atoms with Gasteiger partial charge in [0.1, 0.15) is 0 Å². The zero-order chi connectivity index (χ0) is 12.5. The first-order chi connectivity index (χ1) is 8.75. The zero-order valence-electron chi connectivity index (χ0n) is 9.89. The Balaban J connectivity index is 2.11. The molecule has 0 spiro atoms. The molecule has 0 aliphatic carbocycles. The van der Waals surface area contributed by atoms with E-state index in [1.165, 1.54) is 0 Å². The Bertz CT molecular complexity index is 683. The SMILES string of the molecule is O=c1c2ccccc2[nH]c(=S)n1C[C@H]1CCCO1. The van der Waals surface area contributed by atoms with Crippen LogP contribution in [0.3, 0.4) is 0 Å². The molecule has 1 atom stereocenters. The van der Waals surface area contributed by atoms with Gasteiger partial charge >= 0.3 is 0 Å². The highest BCUT2D eigenvalue weighted by molar-refractivity contribution is 7.71. The van der Waals surface area contributed by atoms with Crippen molar-refractivity contribution in [2.75, 3.05) is 6.61 Å². The Morgan fingerprint density at radius 2 is 2.28 bits per heavy atom. The minimum atomic E-state index is -0.0372. The molecule has 1 fully saturated rings. The smallest absolute Gasteiger partial charge is 0.262 e. The van der Waals surface area contributed by atoms with Crippen molar-refractivity contribution in [1.29, 1.82) is 0 Å². The van der Waals surface area contributed by atoms with Gasteiger partial charge in [-0.25, -0.2) is 0 Å². The summed E-state index contributed by atoms with van der Waals surface area (Å²) in [6, 6.07) is 7.42. The molecule has 0 saturated carbocycles. The van der Waals surface area contributed by atoms with Crippen LogP contribution in [0, 0.1) is 4.77 Å². The number of aromatic nitrogens is 2. The van der Waals surface area contributed by atoms with E-state index in [9.17, 15) is 4.79 Å². The van der Waals surface area contributed by atoms with Crippen molar-refractivity contribution in [2.45, 2.75) is 25.5 Å². The van der Waals surface area contributed by atoms with Gasteiger partial charge in [-0.3, -0.25) is 9.36 Å². The number of ether oxygens (including phenoxy) is 1. The molecule has 1 saturated heterocycles. The molecule has 2 heterocycles. The first-order valence-electron chi connectivity index (χ1n) is 6.09. The number of rotatable bonds is 2. The summed E-state index contributed by atoms with van der Waals surface area (Å²) in [5, 5.41) is 0.670. The third-order valence-electron chi connectivity index (χ3n) is 3.30. The summed E-state index contributed by atoms with van der Waals surface area (Å²) in [6.07, 6.45) is 2.16. The standard InChI is InChI=1S/C13H14N2O2S/c16-12-10-5-1-2-6-11(10)14-13(18)15(12)8-9-4-3-7-17-9/h1-2,5-6,9H,3-4,7-8H2,(H,14,18)/t9-/m1/s1. The lowest BCUT2D eigenvalue weighted by atomic mass is 10.2. The van der Waals surface area contributed by atoms with Gasteiger partial charge in [0.15, 0.2) is 4.77 Å². The van der Waals surface area contributed by atoms with Gasteiger partial charge in [-0.15, -0.1) is 0 Å². The van der Waals surface area contributed by atoms with E-state index in [1.54, 1.807) is 4.57 Å². The molecular weight excluding hydrogens is 248 g/mol. The number of nitrogens with one attached hydrogen (secondary N) is 1. The fraction of sp³-hybridized carbons (Fsp3) is 0.385. The summed E-state index contributed by atoms with van der Waals surface area (Å²) < 4.78 is 7.63. The van der Waals surface area contributed by atoms with E-state index < -0.39 is 0 Å². The summed E-state index contributed by atoms with van der Waals surface area (Å²) in [6.45, 7) is 1.32. The van der Waals surface area contributed by atoms with Gasteiger partial charge in [-0.2, -0.15) is 0 Å². The van der Waals surface area contributed by atoms with E-state index in [-0.39, 0.29) is 11.7 Å². The molecular formula is C13H14N2O2S. The van der Waals surface area contributed by atoms with Crippen molar-refractivity contribution >= 4 is 23.1 Å². The Kier molecular flexibility index (Phi) is 3.01. The Labute approximate surface area is 109 Å². The second-order valence-corrected chi connectivity index (χ2v) is 4.91. The molecule has 0 amide bonds. The number of nitrogens with zero attached hydrogens (tertiary/aromatic N) is 1. The molecule has 1 aromatic carbocycles. The molecule has 5 heteroatoms. The van der Waals surface area contributed by atoms with Crippen molar-refractivity contribution in [3.8, 4) is 0 Å². The lowest BCUT2D eigenvalue weighted by molar-refractivity contribution is 0.0957. The second-order valence-electron chi connectivity index (χ2n) is 4.53. The van der Waals surface area contributed by atoms with Crippen LogP contribution >= 0.6 is 12.2 Å². The summed E-state index contributed by atoms with van der Waals surface area (Å²) in [5.41, 5.74) is 0.751. The third-order valence-corrected chi connectivity index (χ3v) is 3.62. The van der Waals surface area contributed by atoms with Crippen molar-refractivity contribution in [1.82, 2.24) is 9.55 Å². The van der Waals surface area contributed by atoms with Crippen LogP contribution in [0.15, 0.2) is 29.1 Å². The van der Waals surface area contributed by atoms with Crippen molar-refractivity contribution < 1.29 is 4.74 Å². The van der Waals surface area contributed by atoms with E-state index in [4.69, 9.17) is 17.0 Å². The molecule has 3 rings (SSSR count). The summed E-state index contributed by atoms with van der Waals surface area (Å²) in [5.74, 6) is 0. The fourth-order valence-electron chi connectivity index (χ4n) is 2.36. The Hall–Kier alpha value is -1.46. The van der Waals surface area contributed by atoms with E-state index >= 15 is 0 Å². The van der Waals surface area contributed by atoms with Crippen molar-refractivity contribution in [3.05, 3.63) is 39.4 Å². The lowest BCUT2D eigenvalue weighted by Gasteiger charge is -2.12. The Morgan fingerprint density at radius 1 is 1.44 bits per heavy atom. The fourth-order valence-corrected chi connectivity index (χ4v) is 2.62. The maximum atomic E-state index is 12.4. The monoisotopic (exact) mass is 262 g/mol. The Morgan fingerprint density at radius 3 is 3.06 bits per heavy atom. The van der Waals surface area contributed by atoms with Gasteiger partial charge in [0.2, 0.25) is 0 Å². The number of fused-ring (bicyclic) bond motifs is 1. The van der Waals surface area contributed by atoms with Gasteiger partial charge in [0.05, 0.1) is 23.6 Å². The molecule has 1 aliphatic rings. The third kappa shape index (κ3) is 2.00. The van der Waals surface area contributed by atoms with Crippen LogP contribution in [0.25, 0.3) is 10.9 Å². The average Bonchev–Trinajstić information content (AvgIpc) is 2.87. The van der Waals surface area contributed by atoms with Gasteiger partial charge in [0.25, 0.3) is 5.56 Å². The molecule has 1 N–H and O–H groups in total. The molecule has 4 nitrogen and oxygen atoms in total. The van der Waals surface area contributed by atoms with E-state index in [0.717, 1.165) is 25.0 Å². The van der Waals surface area contributed by atoms with Gasteiger partial charge in [0, 0.05) is 6.61 Å². The number of para-hydroxylation sites is 1. The predicted octanol–water partition coefficient (Wildman–Crippen LogP) is 2.24. The normalized spacial score (nSPS) is 19.4. The van der Waals surface area contributed by atoms with Crippen LogP contribution in [0.1, 0.15) is 12.8 Å². The van der Waals surface area contributed by atoms with E-state index in [0.29, 0.717) is 16.7 Å². The van der Waals surface area contributed by atoms with Crippen LogP contribution in [0.5, 0.6) is 0 Å². The number of hydrogen-bond donors (Lipinski definition) is 1. The van der Waals surface area contributed by atoms with Crippen LogP contribution < -0.4 is 5.56 Å². The van der Waals surface area contributed by atoms with Crippen molar-refractivity contribution in [2.24, 2.45) is 0 Å². The highest BCUT2D eigenvalue weighted by Gasteiger charge is 2.17. The van der Waals surface area contributed by atoms with Gasteiger partial charge in [-0.1, -0.05) is 12.1 Å². The largest absolute Gasteiger partial charge is 0.376 e. The average molecular weight is 262 g/mol. The molecule has 0 unspecified atom stereocenters.